The Morgan fingerprint density at radius 2 is 1.57 bits per heavy atom. The van der Waals surface area contributed by atoms with Crippen molar-refractivity contribution in [1.82, 2.24) is 15.1 Å². The first-order chi connectivity index (χ1) is 21.4. The van der Waals surface area contributed by atoms with Crippen LogP contribution in [0.3, 0.4) is 0 Å². The number of nitrogens with one attached hydrogen (secondary N) is 2. The molecule has 0 aromatic heterocycles. The Labute approximate surface area is 258 Å². The van der Waals surface area contributed by atoms with Crippen molar-refractivity contribution in [3.05, 3.63) is 65.7 Å². The molecular formula is C29H30F6N4O7. The summed E-state index contributed by atoms with van der Waals surface area (Å²) < 4.78 is 75.3. The minimum atomic E-state index is -5.08. The molecule has 4 amide bonds. The highest BCUT2D eigenvalue weighted by atomic mass is 19.4. The third-order valence-electron chi connectivity index (χ3n) is 7.66. The number of rotatable bonds is 7. The molecule has 11 nitrogen and oxygen atoms in total. The number of esters is 1. The summed E-state index contributed by atoms with van der Waals surface area (Å²) in [5, 5.41) is 12.8. The van der Waals surface area contributed by atoms with Crippen LogP contribution in [0.15, 0.2) is 54.6 Å². The SMILES string of the molecule is CC[C@@]1(C(=O)OC)N[C@H](CN(C)C(=O)Nc2ccc(C(F)(F)F)cc2)[C@@H]2C(=O)N(Cc3ccccc3)C(=O)[C@@H]21.O=C(O)C(F)(F)F. The highest BCUT2D eigenvalue weighted by Gasteiger charge is 2.67. The normalized spacial score (nSPS) is 22.5. The fraction of sp³-hybridized carbons (Fsp3) is 0.414. The Morgan fingerprint density at radius 1 is 1.00 bits per heavy atom. The van der Waals surface area contributed by atoms with Gasteiger partial charge in [-0.25, -0.2) is 9.59 Å². The molecule has 2 aromatic rings. The molecule has 3 N–H and O–H groups in total. The van der Waals surface area contributed by atoms with Crippen molar-refractivity contribution < 1.29 is 60.2 Å². The molecule has 2 aromatic carbocycles. The van der Waals surface area contributed by atoms with Gasteiger partial charge in [0.15, 0.2) is 0 Å². The second-order valence-corrected chi connectivity index (χ2v) is 10.5. The average molecular weight is 661 g/mol. The second-order valence-electron chi connectivity index (χ2n) is 10.5. The van der Waals surface area contributed by atoms with E-state index in [9.17, 15) is 45.5 Å². The summed E-state index contributed by atoms with van der Waals surface area (Å²) in [5.74, 6) is -6.34. The van der Waals surface area contributed by atoms with E-state index < -0.39 is 71.1 Å². The lowest BCUT2D eigenvalue weighted by Crippen LogP contribution is -2.58. The summed E-state index contributed by atoms with van der Waals surface area (Å²) >= 11 is 0. The van der Waals surface area contributed by atoms with E-state index >= 15 is 0 Å². The fourth-order valence-electron chi connectivity index (χ4n) is 5.44. The molecule has 2 aliphatic heterocycles. The number of carboxylic acid groups (broad SMARTS) is 1. The second kappa shape index (κ2) is 13.8. The number of alkyl halides is 6. The van der Waals surface area contributed by atoms with E-state index in [4.69, 9.17) is 14.6 Å². The van der Waals surface area contributed by atoms with E-state index in [1.165, 1.54) is 19.1 Å². The lowest BCUT2D eigenvalue weighted by atomic mass is 9.78. The summed E-state index contributed by atoms with van der Waals surface area (Å²) in [6.07, 6.45) is -9.42. The van der Waals surface area contributed by atoms with Crippen LogP contribution in [0.2, 0.25) is 0 Å². The topological polar surface area (TPSA) is 145 Å². The van der Waals surface area contributed by atoms with E-state index in [1.54, 1.807) is 31.2 Å². The molecule has 2 saturated heterocycles. The highest BCUT2D eigenvalue weighted by Crippen LogP contribution is 2.45. The molecule has 2 heterocycles. The van der Waals surface area contributed by atoms with Gasteiger partial charge in [-0.3, -0.25) is 24.6 Å². The van der Waals surface area contributed by atoms with Crippen molar-refractivity contribution in [2.24, 2.45) is 11.8 Å². The molecular weight excluding hydrogens is 630 g/mol. The third kappa shape index (κ3) is 7.58. The van der Waals surface area contributed by atoms with Crippen LogP contribution >= 0.6 is 0 Å². The van der Waals surface area contributed by atoms with E-state index in [2.05, 4.69) is 10.6 Å². The molecule has 46 heavy (non-hydrogen) atoms. The van der Waals surface area contributed by atoms with Crippen molar-refractivity contribution in [1.29, 1.82) is 0 Å². The minimum Gasteiger partial charge on any atom is -0.475 e. The highest BCUT2D eigenvalue weighted by molar-refractivity contribution is 6.09. The molecule has 0 saturated carbocycles. The average Bonchev–Trinajstić information content (AvgIpc) is 3.45. The van der Waals surface area contributed by atoms with Crippen LogP contribution in [0.4, 0.5) is 36.8 Å². The van der Waals surface area contributed by atoms with Gasteiger partial charge in [-0.1, -0.05) is 37.3 Å². The molecule has 0 radical (unpaired) electrons. The van der Waals surface area contributed by atoms with Crippen molar-refractivity contribution in [3.63, 3.8) is 0 Å². The van der Waals surface area contributed by atoms with Gasteiger partial charge < -0.3 is 20.1 Å². The van der Waals surface area contributed by atoms with Crippen molar-refractivity contribution >= 4 is 35.5 Å². The number of methoxy groups -OCH3 is 1. The summed E-state index contributed by atoms with van der Waals surface area (Å²) in [7, 11) is 2.65. The van der Waals surface area contributed by atoms with Crippen LogP contribution in [-0.4, -0.2) is 83.1 Å². The number of hydrogen-bond donors (Lipinski definition) is 3. The zero-order valence-corrected chi connectivity index (χ0v) is 24.6. The molecule has 0 unspecified atom stereocenters. The maximum absolute atomic E-state index is 13.6. The lowest BCUT2D eigenvalue weighted by Gasteiger charge is -2.32. The number of hydrogen-bond acceptors (Lipinski definition) is 7. The number of nitrogens with zero attached hydrogens (tertiary/aromatic N) is 2. The molecule has 0 bridgehead atoms. The van der Waals surface area contributed by atoms with Crippen LogP contribution in [0.1, 0.15) is 24.5 Å². The monoisotopic (exact) mass is 660 g/mol. The molecule has 0 spiro atoms. The number of aliphatic carboxylic acids is 1. The number of likely N-dealkylation sites (N-methyl/N-ethyl adjacent to an activating group) is 1. The Kier molecular flexibility index (Phi) is 10.7. The third-order valence-corrected chi connectivity index (χ3v) is 7.66. The molecule has 0 aliphatic carbocycles. The van der Waals surface area contributed by atoms with Crippen LogP contribution in [0.25, 0.3) is 0 Å². The van der Waals surface area contributed by atoms with Crippen LogP contribution in [0.5, 0.6) is 0 Å². The lowest BCUT2D eigenvalue weighted by molar-refractivity contribution is -0.192. The van der Waals surface area contributed by atoms with E-state index in [1.807, 2.05) is 6.07 Å². The first-order valence-electron chi connectivity index (χ1n) is 13.6. The zero-order chi connectivity index (χ0) is 34.6. The van der Waals surface area contributed by atoms with Crippen LogP contribution in [0, 0.1) is 11.8 Å². The van der Waals surface area contributed by atoms with Crippen LogP contribution < -0.4 is 10.6 Å². The summed E-state index contributed by atoms with van der Waals surface area (Å²) in [5.41, 5.74) is -1.42. The number of amides is 4. The zero-order valence-electron chi connectivity index (χ0n) is 24.6. The standard InChI is InChI=1S/C27H29F3N4O5.C2HF3O2/c1-4-26(24(37)39-3)21-20(22(35)34(23(21)36)14-16-8-6-5-7-9-16)19(32-26)15-33(2)25(38)31-18-12-10-17(11-13-18)27(28,29)30;3-2(4,5)1(6)7/h5-13,19-21,32H,4,14-15H2,1-3H3,(H,31,38);(H,6,7)/t19-,20+,21-,26-;/m1./s1. The Bertz CT molecular complexity index is 1450. The summed E-state index contributed by atoms with van der Waals surface area (Å²) in [6, 6.07) is 11.6. The Morgan fingerprint density at radius 3 is 2.04 bits per heavy atom. The van der Waals surface area contributed by atoms with Gasteiger partial charge in [-0.2, -0.15) is 26.3 Å². The molecule has 4 atom stereocenters. The number of ether oxygens (including phenoxy) is 1. The Balaban J connectivity index is 0.000000738. The summed E-state index contributed by atoms with van der Waals surface area (Å²) in [4.78, 5) is 64.3. The molecule has 2 aliphatic rings. The maximum Gasteiger partial charge on any atom is 0.490 e. The molecule has 17 heteroatoms. The smallest absolute Gasteiger partial charge is 0.475 e. The van der Waals surface area contributed by atoms with Crippen molar-refractivity contribution in [2.75, 3.05) is 26.0 Å². The minimum absolute atomic E-state index is 0.0451. The number of likely N-dealkylation sites (tertiary alicyclic amines) is 1. The van der Waals surface area contributed by atoms with Gasteiger partial charge in [0.05, 0.1) is 31.1 Å². The molecule has 2 fully saturated rings. The number of anilines is 1. The maximum atomic E-state index is 13.6. The van der Waals surface area contributed by atoms with E-state index in [0.29, 0.717) is 0 Å². The summed E-state index contributed by atoms with van der Waals surface area (Å²) in [6.45, 7) is 1.69. The van der Waals surface area contributed by atoms with E-state index in [0.717, 1.165) is 34.7 Å². The first-order valence-corrected chi connectivity index (χ1v) is 13.6. The number of benzene rings is 2. The largest absolute Gasteiger partial charge is 0.490 e. The van der Waals surface area contributed by atoms with Gasteiger partial charge in [0.1, 0.15) is 5.54 Å². The number of carbonyl (C=O) groups is 5. The number of fused-ring (bicyclic) bond motifs is 1. The fourth-order valence-corrected chi connectivity index (χ4v) is 5.44. The molecule has 250 valence electrons. The molecule has 4 rings (SSSR count). The van der Waals surface area contributed by atoms with Gasteiger partial charge in [0.25, 0.3) is 0 Å². The van der Waals surface area contributed by atoms with E-state index in [-0.39, 0.29) is 25.2 Å². The number of imide groups is 1. The first kappa shape index (κ1) is 35.8. The number of carbonyl (C=O) groups excluding carboxylic acids is 4. The van der Waals surface area contributed by atoms with Gasteiger partial charge in [0.2, 0.25) is 11.8 Å². The van der Waals surface area contributed by atoms with Gasteiger partial charge in [-0.15, -0.1) is 0 Å². The van der Waals surface area contributed by atoms with Gasteiger partial charge in [0, 0.05) is 25.3 Å². The quantitative estimate of drug-likeness (QED) is 0.231. The van der Waals surface area contributed by atoms with Gasteiger partial charge in [-0.05, 0) is 36.2 Å². The number of halogens is 6. The Hall–Kier alpha value is -4.67. The number of carboxylic acids is 1. The number of urea groups is 1. The van der Waals surface area contributed by atoms with Crippen molar-refractivity contribution in [3.8, 4) is 0 Å². The van der Waals surface area contributed by atoms with Crippen LogP contribution in [-0.2, 0) is 36.6 Å². The van der Waals surface area contributed by atoms with Crippen molar-refractivity contribution in [2.45, 2.75) is 43.8 Å². The predicted molar refractivity (Wildman–Crippen MR) is 148 cm³/mol. The van der Waals surface area contributed by atoms with Gasteiger partial charge >= 0.3 is 30.3 Å². The predicted octanol–water partition coefficient (Wildman–Crippen LogP) is 3.90.